The summed E-state index contributed by atoms with van der Waals surface area (Å²) >= 11 is 3.07. The van der Waals surface area contributed by atoms with Gasteiger partial charge in [-0.1, -0.05) is 0 Å². The quantitative estimate of drug-likeness (QED) is 0.846. The Hall–Kier alpha value is -0.520. The van der Waals surface area contributed by atoms with Gasteiger partial charge in [-0.3, -0.25) is 5.43 Å². The Bertz CT molecular complexity index is 372. The normalized spacial score (nSPS) is 22.3. The van der Waals surface area contributed by atoms with Crippen LogP contribution in [-0.4, -0.2) is 30.1 Å². The van der Waals surface area contributed by atoms with Crippen molar-refractivity contribution in [1.82, 2.24) is 15.4 Å². The summed E-state index contributed by atoms with van der Waals surface area (Å²) in [6.07, 6.45) is 3.99. The van der Waals surface area contributed by atoms with Gasteiger partial charge in [0.15, 0.2) is 5.82 Å². The SMILES string of the molecule is CNN1CCC[C@@H](c2cnc(Br)c(F)c2)C1. The molecule has 0 spiro atoms. The summed E-state index contributed by atoms with van der Waals surface area (Å²) in [5, 5.41) is 2.16. The Balaban J connectivity index is 2.13. The maximum atomic E-state index is 13.4. The molecule has 0 saturated carbocycles. The fourth-order valence-electron chi connectivity index (χ4n) is 2.11. The molecule has 0 bridgehead atoms. The Morgan fingerprint density at radius 3 is 3.12 bits per heavy atom. The van der Waals surface area contributed by atoms with Gasteiger partial charge < -0.3 is 0 Å². The van der Waals surface area contributed by atoms with Crippen LogP contribution in [-0.2, 0) is 0 Å². The molecule has 1 aromatic rings. The van der Waals surface area contributed by atoms with Crippen molar-refractivity contribution in [1.29, 1.82) is 0 Å². The number of pyridine rings is 1. The highest BCUT2D eigenvalue weighted by atomic mass is 79.9. The zero-order valence-electron chi connectivity index (χ0n) is 9.21. The average Bonchev–Trinajstić information content (AvgIpc) is 2.33. The highest BCUT2D eigenvalue weighted by Crippen LogP contribution is 2.27. The summed E-state index contributed by atoms with van der Waals surface area (Å²) < 4.78 is 13.7. The lowest BCUT2D eigenvalue weighted by atomic mass is 9.92. The lowest BCUT2D eigenvalue weighted by Gasteiger charge is -2.32. The molecule has 0 aromatic carbocycles. The van der Waals surface area contributed by atoms with Crippen molar-refractivity contribution >= 4 is 15.9 Å². The van der Waals surface area contributed by atoms with Gasteiger partial charge in [0.2, 0.25) is 0 Å². The maximum absolute atomic E-state index is 13.4. The van der Waals surface area contributed by atoms with Crippen LogP contribution in [0.3, 0.4) is 0 Å². The van der Waals surface area contributed by atoms with Crippen molar-refractivity contribution in [3.63, 3.8) is 0 Å². The molecule has 1 atom stereocenters. The smallest absolute Gasteiger partial charge is 0.156 e. The van der Waals surface area contributed by atoms with Crippen molar-refractivity contribution in [2.75, 3.05) is 20.1 Å². The average molecular weight is 288 g/mol. The zero-order valence-corrected chi connectivity index (χ0v) is 10.8. The van der Waals surface area contributed by atoms with Crippen LogP contribution in [0.15, 0.2) is 16.9 Å². The molecule has 1 aromatic heterocycles. The van der Waals surface area contributed by atoms with Gasteiger partial charge in [-0.15, -0.1) is 0 Å². The lowest BCUT2D eigenvalue weighted by Crippen LogP contribution is -2.42. The number of hydrazine groups is 1. The molecule has 0 unspecified atom stereocenters. The predicted octanol–water partition coefficient (Wildman–Crippen LogP) is 2.30. The van der Waals surface area contributed by atoms with E-state index in [-0.39, 0.29) is 10.4 Å². The van der Waals surface area contributed by atoms with Crippen LogP contribution in [0.5, 0.6) is 0 Å². The molecule has 0 aliphatic carbocycles. The number of nitrogens with one attached hydrogen (secondary N) is 1. The van der Waals surface area contributed by atoms with Gasteiger partial charge in [0.25, 0.3) is 0 Å². The molecule has 5 heteroatoms. The number of rotatable bonds is 2. The van der Waals surface area contributed by atoms with Crippen LogP contribution < -0.4 is 5.43 Å². The molecule has 0 amide bonds. The summed E-state index contributed by atoms with van der Waals surface area (Å²) in [6, 6.07) is 1.58. The van der Waals surface area contributed by atoms with E-state index >= 15 is 0 Å². The summed E-state index contributed by atoms with van der Waals surface area (Å²) in [5.74, 6) is 0.0929. The number of halogens is 2. The predicted molar refractivity (Wildman–Crippen MR) is 64.5 cm³/mol. The highest BCUT2D eigenvalue weighted by molar-refractivity contribution is 9.10. The second kappa shape index (κ2) is 5.21. The molecule has 1 aliphatic rings. The summed E-state index contributed by atoms with van der Waals surface area (Å²) in [6.45, 7) is 1.97. The van der Waals surface area contributed by atoms with E-state index < -0.39 is 0 Å². The van der Waals surface area contributed by atoms with Gasteiger partial charge in [0.05, 0.1) is 0 Å². The molecule has 3 nitrogen and oxygen atoms in total. The van der Waals surface area contributed by atoms with Crippen molar-refractivity contribution in [3.05, 3.63) is 28.2 Å². The molecular formula is C11H15BrFN3. The van der Waals surface area contributed by atoms with Crippen molar-refractivity contribution in [2.24, 2.45) is 0 Å². The molecule has 1 N–H and O–H groups in total. The third kappa shape index (κ3) is 2.59. The first-order valence-electron chi connectivity index (χ1n) is 5.44. The van der Waals surface area contributed by atoms with Crippen LogP contribution in [0.1, 0.15) is 24.3 Å². The van der Waals surface area contributed by atoms with Gasteiger partial charge >= 0.3 is 0 Å². The Morgan fingerprint density at radius 2 is 2.44 bits per heavy atom. The van der Waals surface area contributed by atoms with E-state index in [1.54, 1.807) is 12.3 Å². The van der Waals surface area contributed by atoms with Crippen LogP contribution in [0.4, 0.5) is 4.39 Å². The van der Waals surface area contributed by atoms with Crippen molar-refractivity contribution in [2.45, 2.75) is 18.8 Å². The molecule has 16 heavy (non-hydrogen) atoms. The number of piperidine rings is 1. The third-order valence-corrected chi connectivity index (χ3v) is 3.61. The Labute approximate surface area is 103 Å². The summed E-state index contributed by atoms with van der Waals surface area (Å²) in [5.41, 5.74) is 4.13. The Morgan fingerprint density at radius 1 is 1.62 bits per heavy atom. The minimum atomic E-state index is -0.279. The number of hydrogen-bond donors (Lipinski definition) is 1. The van der Waals surface area contributed by atoms with Gasteiger partial charge in [-0.05, 0) is 53.4 Å². The van der Waals surface area contributed by atoms with Gasteiger partial charge in [-0.25, -0.2) is 14.4 Å². The molecule has 1 saturated heterocycles. The number of nitrogens with zero attached hydrogens (tertiary/aromatic N) is 2. The fraction of sp³-hybridized carbons (Fsp3) is 0.545. The highest BCUT2D eigenvalue weighted by Gasteiger charge is 2.21. The van der Waals surface area contributed by atoms with E-state index in [4.69, 9.17) is 0 Å². The van der Waals surface area contributed by atoms with E-state index in [0.717, 1.165) is 31.5 Å². The number of hydrogen-bond acceptors (Lipinski definition) is 3. The molecule has 1 aliphatic heterocycles. The zero-order chi connectivity index (χ0) is 11.5. The summed E-state index contributed by atoms with van der Waals surface area (Å²) in [4.78, 5) is 4.01. The minimum absolute atomic E-state index is 0.279. The van der Waals surface area contributed by atoms with Crippen LogP contribution in [0, 0.1) is 5.82 Å². The molecule has 2 rings (SSSR count). The van der Waals surface area contributed by atoms with Gasteiger partial charge in [0.1, 0.15) is 4.60 Å². The monoisotopic (exact) mass is 287 g/mol. The third-order valence-electron chi connectivity index (χ3n) is 3.03. The van der Waals surface area contributed by atoms with Crippen molar-refractivity contribution < 1.29 is 4.39 Å². The van der Waals surface area contributed by atoms with E-state index in [0.29, 0.717) is 5.92 Å². The first kappa shape index (κ1) is 12.0. The van der Waals surface area contributed by atoms with E-state index in [1.807, 2.05) is 7.05 Å². The van der Waals surface area contributed by atoms with Crippen molar-refractivity contribution in [3.8, 4) is 0 Å². The summed E-state index contributed by atoms with van der Waals surface area (Å²) in [7, 11) is 1.92. The number of aromatic nitrogens is 1. The Kier molecular flexibility index (Phi) is 3.89. The molecular weight excluding hydrogens is 273 g/mol. The first-order chi connectivity index (χ1) is 7.70. The largest absolute Gasteiger partial charge is 0.258 e. The van der Waals surface area contributed by atoms with E-state index in [2.05, 4.69) is 31.3 Å². The molecule has 2 heterocycles. The standard InChI is InChI=1S/C11H15BrFN3/c1-14-16-4-2-3-8(7-16)9-5-10(13)11(12)15-6-9/h5-6,8,14H,2-4,7H2,1H3/t8-/m1/s1. The molecule has 0 radical (unpaired) electrons. The second-order valence-corrected chi connectivity index (χ2v) is 4.80. The van der Waals surface area contributed by atoms with Gasteiger partial charge in [-0.2, -0.15) is 0 Å². The van der Waals surface area contributed by atoms with Crippen LogP contribution >= 0.6 is 15.9 Å². The van der Waals surface area contributed by atoms with Gasteiger partial charge in [0, 0.05) is 19.3 Å². The fourth-order valence-corrected chi connectivity index (χ4v) is 2.33. The lowest BCUT2D eigenvalue weighted by molar-refractivity contribution is 0.154. The minimum Gasteiger partial charge on any atom is -0.258 e. The second-order valence-electron chi connectivity index (χ2n) is 4.05. The van der Waals surface area contributed by atoms with E-state index in [1.165, 1.54) is 0 Å². The first-order valence-corrected chi connectivity index (χ1v) is 6.23. The topological polar surface area (TPSA) is 28.2 Å². The maximum Gasteiger partial charge on any atom is 0.156 e. The van der Waals surface area contributed by atoms with E-state index in [9.17, 15) is 4.39 Å². The molecule has 1 fully saturated rings. The van der Waals surface area contributed by atoms with Crippen LogP contribution in [0.25, 0.3) is 0 Å². The van der Waals surface area contributed by atoms with Crippen LogP contribution in [0.2, 0.25) is 0 Å². The molecule has 88 valence electrons.